The van der Waals surface area contributed by atoms with E-state index in [1.807, 2.05) is 18.2 Å². The van der Waals surface area contributed by atoms with Crippen LogP contribution in [-0.4, -0.2) is 29.1 Å². The van der Waals surface area contributed by atoms with Crippen LogP contribution in [0.2, 0.25) is 0 Å². The zero-order valence-corrected chi connectivity index (χ0v) is 13.4. The highest BCUT2D eigenvalue weighted by molar-refractivity contribution is 9.10. The van der Waals surface area contributed by atoms with Crippen molar-refractivity contribution in [3.05, 3.63) is 33.0 Å². The quantitative estimate of drug-likeness (QED) is 0.652. The van der Waals surface area contributed by atoms with Crippen molar-refractivity contribution in [3.63, 3.8) is 0 Å². The van der Waals surface area contributed by atoms with Crippen molar-refractivity contribution in [2.75, 3.05) is 18.4 Å². The predicted molar refractivity (Wildman–Crippen MR) is 89.4 cm³/mol. The summed E-state index contributed by atoms with van der Waals surface area (Å²) in [5, 5.41) is 7.47. The number of nitrogens with one attached hydrogen (secondary N) is 3. The van der Waals surface area contributed by atoms with Gasteiger partial charge in [-0.1, -0.05) is 15.9 Å². The molecule has 114 valence electrons. The van der Waals surface area contributed by atoms with E-state index in [4.69, 9.17) is 4.42 Å². The van der Waals surface area contributed by atoms with Crippen molar-refractivity contribution in [3.8, 4) is 0 Å². The molecule has 7 heteroatoms. The van der Waals surface area contributed by atoms with Crippen LogP contribution in [0.4, 0.5) is 5.95 Å². The van der Waals surface area contributed by atoms with Gasteiger partial charge in [-0.15, -0.1) is 0 Å². The molecule has 1 fully saturated rings. The Bertz CT molecular complexity index is 896. The Hall–Kier alpha value is -1.86. The number of fused-ring (bicyclic) bond motifs is 3. The minimum Gasteiger partial charge on any atom is -0.449 e. The number of aromatic amines is 1. The molecular weight excluding hydrogens is 348 g/mol. The van der Waals surface area contributed by atoms with Gasteiger partial charge in [-0.05, 0) is 44.1 Å². The third-order valence-electron chi connectivity index (χ3n) is 3.97. The third-order valence-corrected chi connectivity index (χ3v) is 4.46. The maximum Gasteiger partial charge on any atom is 0.296 e. The number of nitrogens with zero attached hydrogens (tertiary/aromatic N) is 1. The first-order chi connectivity index (χ1) is 10.7. The fourth-order valence-corrected chi connectivity index (χ4v) is 3.21. The maximum absolute atomic E-state index is 12.2. The molecule has 1 aliphatic heterocycles. The van der Waals surface area contributed by atoms with Crippen LogP contribution in [0.1, 0.15) is 12.8 Å². The highest BCUT2D eigenvalue weighted by atomic mass is 79.9. The summed E-state index contributed by atoms with van der Waals surface area (Å²) in [6, 6.07) is 5.96. The second kappa shape index (κ2) is 5.40. The maximum atomic E-state index is 12.2. The molecule has 0 bridgehead atoms. The first-order valence-electron chi connectivity index (χ1n) is 7.30. The second-order valence-corrected chi connectivity index (χ2v) is 6.42. The molecule has 0 radical (unpaired) electrons. The van der Waals surface area contributed by atoms with E-state index in [2.05, 4.69) is 36.5 Å². The largest absolute Gasteiger partial charge is 0.449 e. The fourth-order valence-electron chi connectivity index (χ4n) is 2.85. The molecule has 6 nitrogen and oxygen atoms in total. The Labute approximate surface area is 134 Å². The van der Waals surface area contributed by atoms with E-state index < -0.39 is 0 Å². The molecule has 3 N–H and O–H groups in total. The number of piperidine rings is 1. The number of hydrogen-bond acceptors (Lipinski definition) is 5. The predicted octanol–water partition coefficient (Wildman–Crippen LogP) is 2.60. The molecule has 0 unspecified atom stereocenters. The number of H-pyrrole nitrogens is 1. The molecule has 1 aromatic carbocycles. The molecule has 0 aliphatic carbocycles. The molecule has 22 heavy (non-hydrogen) atoms. The summed E-state index contributed by atoms with van der Waals surface area (Å²) in [4.78, 5) is 19.6. The zero-order valence-electron chi connectivity index (χ0n) is 11.8. The van der Waals surface area contributed by atoms with Crippen LogP contribution in [-0.2, 0) is 0 Å². The molecular formula is C15H15BrN4O2. The fraction of sp³-hybridized carbons (Fsp3) is 0.333. The van der Waals surface area contributed by atoms with Gasteiger partial charge in [0.2, 0.25) is 11.5 Å². The lowest BCUT2D eigenvalue weighted by atomic mass is 10.1. The molecule has 1 aliphatic rings. The summed E-state index contributed by atoms with van der Waals surface area (Å²) in [5.41, 5.74) is 1.27. The molecule has 0 amide bonds. The van der Waals surface area contributed by atoms with Gasteiger partial charge >= 0.3 is 0 Å². The smallest absolute Gasteiger partial charge is 0.296 e. The van der Waals surface area contributed by atoms with Crippen LogP contribution in [0.3, 0.4) is 0 Å². The summed E-state index contributed by atoms with van der Waals surface area (Å²) in [6.45, 7) is 1.96. The highest BCUT2D eigenvalue weighted by Crippen LogP contribution is 2.28. The van der Waals surface area contributed by atoms with E-state index >= 15 is 0 Å². The van der Waals surface area contributed by atoms with Crippen molar-refractivity contribution in [1.82, 2.24) is 15.3 Å². The van der Waals surface area contributed by atoms with Crippen molar-refractivity contribution in [1.29, 1.82) is 0 Å². The molecule has 0 spiro atoms. The standard InChI is InChI=1S/C15H15BrN4O2/c16-8-1-2-11-10(7-8)12-13(22-11)14(21)20-15(19-12)18-9-3-5-17-6-4-9/h1-2,7,9,17H,3-6H2,(H2,18,19,20,21). The first kappa shape index (κ1) is 13.8. The molecule has 0 saturated carbocycles. The van der Waals surface area contributed by atoms with Crippen LogP contribution in [0, 0.1) is 0 Å². The summed E-state index contributed by atoms with van der Waals surface area (Å²) in [7, 11) is 0. The van der Waals surface area contributed by atoms with Crippen molar-refractivity contribution in [2.45, 2.75) is 18.9 Å². The van der Waals surface area contributed by atoms with Gasteiger partial charge in [-0.2, -0.15) is 0 Å². The van der Waals surface area contributed by atoms with Crippen LogP contribution < -0.4 is 16.2 Å². The molecule has 2 aromatic heterocycles. The topological polar surface area (TPSA) is 83.0 Å². The van der Waals surface area contributed by atoms with Crippen LogP contribution in [0.15, 0.2) is 31.9 Å². The van der Waals surface area contributed by atoms with Crippen molar-refractivity contribution >= 4 is 43.9 Å². The van der Waals surface area contributed by atoms with Gasteiger partial charge in [0.15, 0.2) is 0 Å². The molecule has 1 saturated heterocycles. The zero-order chi connectivity index (χ0) is 15.1. The normalized spacial score (nSPS) is 16.4. The van der Waals surface area contributed by atoms with Gasteiger partial charge < -0.3 is 15.1 Å². The average molecular weight is 363 g/mol. The molecule has 3 aromatic rings. The Morgan fingerprint density at radius 2 is 2.14 bits per heavy atom. The Morgan fingerprint density at radius 3 is 2.95 bits per heavy atom. The van der Waals surface area contributed by atoms with Crippen molar-refractivity contribution < 1.29 is 4.42 Å². The van der Waals surface area contributed by atoms with E-state index in [1.165, 1.54) is 0 Å². The Morgan fingerprint density at radius 1 is 1.32 bits per heavy atom. The van der Waals surface area contributed by atoms with Crippen LogP contribution in [0.5, 0.6) is 0 Å². The van der Waals surface area contributed by atoms with Gasteiger partial charge in [-0.25, -0.2) is 4.98 Å². The van der Waals surface area contributed by atoms with Gasteiger partial charge in [0.05, 0.1) is 0 Å². The number of aromatic nitrogens is 2. The lowest BCUT2D eigenvalue weighted by Gasteiger charge is -2.23. The van der Waals surface area contributed by atoms with Gasteiger partial charge in [0.1, 0.15) is 11.1 Å². The minimum atomic E-state index is -0.256. The molecule has 4 rings (SSSR count). The number of anilines is 1. The van der Waals surface area contributed by atoms with E-state index in [0.717, 1.165) is 35.8 Å². The van der Waals surface area contributed by atoms with E-state index in [-0.39, 0.29) is 11.1 Å². The first-order valence-corrected chi connectivity index (χ1v) is 8.09. The highest BCUT2D eigenvalue weighted by Gasteiger charge is 2.17. The van der Waals surface area contributed by atoms with Crippen LogP contribution in [0.25, 0.3) is 22.1 Å². The molecule has 0 atom stereocenters. The summed E-state index contributed by atoms with van der Waals surface area (Å²) in [6.07, 6.45) is 2.03. The van der Waals surface area contributed by atoms with E-state index in [1.54, 1.807) is 0 Å². The number of furan rings is 1. The SMILES string of the molecule is O=c1[nH]c(NC2CCNCC2)nc2c1oc1ccc(Br)cc12. The second-order valence-electron chi connectivity index (χ2n) is 5.50. The van der Waals surface area contributed by atoms with Crippen molar-refractivity contribution in [2.24, 2.45) is 0 Å². The van der Waals surface area contributed by atoms with E-state index in [9.17, 15) is 4.79 Å². The number of halogens is 1. The Kier molecular flexibility index (Phi) is 3.38. The van der Waals surface area contributed by atoms with Crippen LogP contribution >= 0.6 is 15.9 Å². The summed E-state index contributed by atoms with van der Waals surface area (Å²) >= 11 is 3.44. The third kappa shape index (κ3) is 2.40. The minimum absolute atomic E-state index is 0.256. The molecule has 3 heterocycles. The summed E-state index contributed by atoms with van der Waals surface area (Å²) in [5.74, 6) is 0.507. The van der Waals surface area contributed by atoms with Gasteiger partial charge in [0, 0.05) is 15.9 Å². The monoisotopic (exact) mass is 362 g/mol. The average Bonchev–Trinajstić information content (AvgIpc) is 2.87. The lowest BCUT2D eigenvalue weighted by Crippen LogP contribution is -2.36. The van der Waals surface area contributed by atoms with Gasteiger partial charge in [-0.3, -0.25) is 9.78 Å². The van der Waals surface area contributed by atoms with Gasteiger partial charge in [0.25, 0.3) is 5.56 Å². The number of benzene rings is 1. The number of rotatable bonds is 2. The Balaban J connectivity index is 1.81. The summed E-state index contributed by atoms with van der Waals surface area (Å²) < 4.78 is 6.55. The lowest BCUT2D eigenvalue weighted by molar-refractivity contribution is 0.477. The van der Waals surface area contributed by atoms with E-state index in [0.29, 0.717) is 23.1 Å². The number of hydrogen-bond donors (Lipinski definition) is 3.